The first-order chi connectivity index (χ1) is 15.2. The van der Waals surface area contributed by atoms with Gasteiger partial charge in [0.1, 0.15) is 24.1 Å². The molecule has 5 atom stereocenters. The summed E-state index contributed by atoms with van der Waals surface area (Å²) in [6.07, 6.45) is -5.86. The van der Waals surface area contributed by atoms with Crippen LogP contribution in [0, 0.1) is 0 Å². The lowest BCUT2D eigenvalue weighted by Crippen LogP contribution is -2.36. The van der Waals surface area contributed by atoms with E-state index in [4.69, 9.17) is 14.5 Å². The van der Waals surface area contributed by atoms with E-state index in [1.807, 2.05) is 0 Å². The maximum absolute atomic E-state index is 12.3. The number of phosphoric ester groups is 1. The Kier molecular flexibility index (Phi) is 9.01. The van der Waals surface area contributed by atoms with Gasteiger partial charge in [-0.15, -0.1) is 0 Å². The number of nitrogens with one attached hydrogen (secondary N) is 1. The average molecular weight is 517 g/mol. The molecule has 1 fully saturated rings. The lowest BCUT2D eigenvalue weighted by molar-refractivity contribution is -0.141. The van der Waals surface area contributed by atoms with Gasteiger partial charge in [-0.3, -0.25) is 18.7 Å². The van der Waals surface area contributed by atoms with Crippen molar-refractivity contribution in [3.63, 3.8) is 0 Å². The number of anilines is 1. The molecule has 19 heteroatoms. The number of aliphatic hydroxyl groups is 2. The highest BCUT2D eigenvalue weighted by Gasteiger charge is 2.45. The van der Waals surface area contributed by atoms with Crippen LogP contribution in [0.15, 0.2) is 17.1 Å². The Morgan fingerprint density at radius 1 is 1.21 bits per heavy atom. The molecule has 0 radical (unpaired) electrons. The van der Waals surface area contributed by atoms with Gasteiger partial charge in [0.25, 0.3) is 0 Å². The minimum absolute atomic E-state index is 0.171. The Morgan fingerprint density at radius 3 is 2.45 bits per heavy atom. The Bertz CT molecular complexity index is 1020. The van der Waals surface area contributed by atoms with Crippen LogP contribution in [-0.4, -0.2) is 78.3 Å². The number of methoxy groups -OCH3 is 1. The summed E-state index contributed by atoms with van der Waals surface area (Å²) in [4.78, 5) is 65.1. The molecule has 1 aliphatic rings. The maximum atomic E-state index is 12.3. The van der Waals surface area contributed by atoms with Crippen LogP contribution in [0.4, 0.5) is 5.82 Å². The van der Waals surface area contributed by atoms with Crippen molar-refractivity contribution < 1.29 is 61.9 Å². The number of aromatic nitrogens is 2. The SMILES string of the molecule is COC(=O)CCC(=O)Nc1ccn([C@@H]2O[C@H](COP(=O)(O)OP(=O)(O)O)[C@H](O)C2O)c(=O)n1. The quantitative estimate of drug-likeness (QED) is 0.145. The monoisotopic (exact) mass is 517 g/mol. The van der Waals surface area contributed by atoms with Crippen LogP contribution in [0.1, 0.15) is 19.1 Å². The predicted molar refractivity (Wildman–Crippen MR) is 103 cm³/mol. The number of hydrogen-bond donors (Lipinski definition) is 6. The minimum atomic E-state index is -5.37. The fourth-order valence-corrected chi connectivity index (χ4v) is 4.22. The molecule has 6 N–H and O–H groups in total. The van der Waals surface area contributed by atoms with E-state index in [9.17, 15) is 38.6 Å². The maximum Gasteiger partial charge on any atom is 0.481 e. The summed E-state index contributed by atoms with van der Waals surface area (Å²) in [6.45, 7) is -0.945. The molecule has 1 amide bonds. The van der Waals surface area contributed by atoms with Crippen LogP contribution < -0.4 is 11.0 Å². The van der Waals surface area contributed by atoms with E-state index in [1.54, 1.807) is 0 Å². The molecule has 1 aromatic heterocycles. The second kappa shape index (κ2) is 10.9. The topological polar surface area (TPSA) is 253 Å². The number of ether oxygens (including phenoxy) is 2. The highest BCUT2D eigenvalue weighted by molar-refractivity contribution is 7.60. The third kappa shape index (κ3) is 8.04. The summed E-state index contributed by atoms with van der Waals surface area (Å²) in [5, 5.41) is 22.5. The van der Waals surface area contributed by atoms with Gasteiger partial charge >= 0.3 is 27.3 Å². The molecule has 1 aliphatic heterocycles. The van der Waals surface area contributed by atoms with Crippen LogP contribution in [-0.2, 0) is 37.0 Å². The Morgan fingerprint density at radius 2 is 1.88 bits per heavy atom. The van der Waals surface area contributed by atoms with Gasteiger partial charge in [-0.25, -0.2) is 13.9 Å². The van der Waals surface area contributed by atoms with Gasteiger partial charge < -0.3 is 39.7 Å². The summed E-state index contributed by atoms with van der Waals surface area (Å²) in [5.41, 5.74) is -1.02. The van der Waals surface area contributed by atoms with Gasteiger partial charge in [-0.2, -0.15) is 9.29 Å². The molecule has 0 saturated carbocycles. The van der Waals surface area contributed by atoms with Crippen molar-refractivity contribution in [3.8, 4) is 0 Å². The van der Waals surface area contributed by atoms with E-state index >= 15 is 0 Å². The Balaban J connectivity index is 2.03. The number of carbonyl (C=O) groups excluding carboxylic acids is 2. The highest BCUT2D eigenvalue weighted by atomic mass is 31.3. The van der Waals surface area contributed by atoms with Crippen LogP contribution >= 0.6 is 15.6 Å². The van der Waals surface area contributed by atoms with Crippen molar-refractivity contribution in [3.05, 3.63) is 22.7 Å². The standard InChI is InChI=1S/C14H21N3O14P2/c1-28-10(19)3-2-9(18)15-8-4-5-17(14(22)16-8)13-12(21)11(20)7(30-13)6-29-33(26,27)31-32(23,24)25/h4-5,7,11-13,20-21H,2-3,6H2,1H3,(H,26,27)(H2,23,24,25)(H,15,16,18,22)/t7-,11+,12?,13-/m1/s1. The Hall–Kier alpha value is -2.04. The molecule has 186 valence electrons. The largest absolute Gasteiger partial charge is 0.481 e. The van der Waals surface area contributed by atoms with E-state index in [1.165, 1.54) is 6.07 Å². The first-order valence-corrected chi connectivity index (χ1v) is 12.0. The van der Waals surface area contributed by atoms with Crippen molar-refractivity contribution in [1.29, 1.82) is 0 Å². The Labute approximate surface area is 184 Å². The summed E-state index contributed by atoms with van der Waals surface area (Å²) < 4.78 is 40.5. The first kappa shape index (κ1) is 27.2. The van der Waals surface area contributed by atoms with Crippen molar-refractivity contribution in [2.24, 2.45) is 0 Å². The number of amides is 1. The van der Waals surface area contributed by atoms with Crippen LogP contribution in [0.2, 0.25) is 0 Å². The van der Waals surface area contributed by atoms with Gasteiger partial charge in [0, 0.05) is 12.6 Å². The van der Waals surface area contributed by atoms with Gasteiger partial charge in [-0.05, 0) is 6.07 Å². The normalized spacial score (nSPS) is 24.8. The van der Waals surface area contributed by atoms with E-state index < -0.39 is 64.4 Å². The van der Waals surface area contributed by atoms with Crippen molar-refractivity contribution >= 4 is 33.3 Å². The fraction of sp³-hybridized carbons (Fsp3) is 0.571. The van der Waals surface area contributed by atoms with Gasteiger partial charge in [0.2, 0.25) is 5.91 Å². The van der Waals surface area contributed by atoms with Crippen molar-refractivity contribution in [2.75, 3.05) is 19.0 Å². The van der Waals surface area contributed by atoms with E-state index in [2.05, 4.69) is 23.9 Å². The number of aliphatic hydroxyl groups excluding tert-OH is 2. The fourth-order valence-electron chi connectivity index (χ4n) is 2.62. The van der Waals surface area contributed by atoms with Crippen LogP contribution in [0.3, 0.4) is 0 Å². The molecular formula is C14H21N3O14P2. The predicted octanol–water partition coefficient (Wildman–Crippen LogP) is -2.02. The molecule has 0 spiro atoms. The lowest BCUT2D eigenvalue weighted by atomic mass is 10.1. The molecule has 0 aliphatic carbocycles. The summed E-state index contributed by atoms with van der Waals surface area (Å²) in [5.74, 6) is -1.40. The summed E-state index contributed by atoms with van der Waals surface area (Å²) >= 11 is 0. The second-order valence-electron chi connectivity index (χ2n) is 6.51. The third-order valence-corrected chi connectivity index (χ3v) is 6.26. The third-order valence-electron chi connectivity index (χ3n) is 4.10. The number of nitrogens with zero attached hydrogens (tertiary/aromatic N) is 2. The molecule has 2 rings (SSSR count). The molecule has 0 bridgehead atoms. The number of hydrogen-bond acceptors (Lipinski definition) is 12. The van der Waals surface area contributed by atoms with Crippen LogP contribution in [0.25, 0.3) is 0 Å². The van der Waals surface area contributed by atoms with Gasteiger partial charge in [0.15, 0.2) is 6.23 Å². The highest BCUT2D eigenvalue weighted by Crippen LogP contribution is 2.57. The molecule has 17 nitrogen and oxygen atoms in total. The first-order valence-electron chi connectivity index (χ1n) is 8.94. The van der Waals surface area contributed by atoms with E-state index in [-0.39, 0.29) is 18.7 Å². The molecule has 2 heterocycles. The van der Waals surface area contributed by atoms with Crippen molar-refractivity contribution in [1.82, 2.24) is 9.55 Å². The summed E-state index contributed by atoms with van der Waals surface area (Å²) in [7, 11) is -9.44. The number of rotatable bonds is 10. The smallest absolute Gasteiger partial charge is 0.469 e. The van der Waals surface area contributed by atoms with Crippen LogP contribution in [0.5, 0.6) is 0 Å². The number of carbonyl (C=O) groups is 2. The minimum Gasteiger partial charge on any atom is -0.469 e. The molecule has 1 aromatic rings. The zero-order valence-corrected chi connectivity index (χ0v) is 18.6. The second-order valence-corrected chi connectivity index (χ2v) is 9.34. The molecule has 0 aromatic carbocycles. The molecule has 33 heavy (non-hydrogen) atoms. The number of esters is 1. The average Bonchev–Trinajstić information content (AvgIpc) is 2.97. The molecular weight excluding hydrogens is 496 g/mol. The zero-order chi connectivity index (χ0) is 25.0. The van der Waals surface area contributed by atoms with Crippen molar-refractivity contribution in [2.45, 2.75) is 37.4 Å². The van der Waals surface area contributed by atoms with E-state index in [0.717, 1.165) is 17.9 Å². The zero-order valence-electron chi connectivity index (χ0n) is 16.8. The van der Waals surface area contributed by atoms with Gasteiger partial charge in [0.05, 0.1) is 20.1 Å². The van der Waals surface area contributed by atoms with E-state index in [0.29, 0.717) is 0 Å². The number of phosphoric acid groups is 2. The lowest BCUT2D eigenvalue weighted by Gasteiger charge is -2.18. The molecule has 2 unspecified atom stereocenters. The summed E-state index contributed by atoms with van der Waals surface area (Å²) in [6, 6.07) is 1.17. The van der Waals surface area contributed by atoms with Gasteiger partial charge in [-0.1, -0.05) is 0 Å². The molecule has 1 saturated heterocycles.